The Morgan fingerprint density at radius 3 is 2.79 bits per heavy atom. The fourth-order valence-electron chi connectivity index (χ4n) is 3.44. The number of nitrogens with one attached hydrogen (secondary N) is 2. The zero-order valence-corrected chi connectivity index (χ0v) is 19.7. The number of benzene rings is 1. The van der Waals surface area contributed by atoms with Crippen molar-refractivity contribution in [3.05, 3.63) is 53.9 Å². The molecular formula is C21H31IN6O. The van der Waals surface area contributed by atoms with Crippen molar-refractivity contribution in [2.24, 2.45) is 10.9 Å². The maximum Gasteiger partial charge on any atom is 0.225 e. The first-order valence-corrected chi connectivity index (χ1v) is 9.86. The van der Waals surface area contributed by atoms with Gasteiger partial charge in [0.2, 0.25) is 5.91 Å². The van der Waals surface area contributed by atoms with Crippen molar-refractivity contribution in [3.63, 3.8) is 0 Å². The number of hydrogen-bond donors (Lipinski definition) is 2. The highest BCUT2D eigenvalue weighted by atomic mass is 127. The van der Waals surface area contributed by atoms with Crippen LogP contribution in [0.5, 0.6) is 0 Å². The Hall–Kier alpha value is -2.10. The van der Waals surface area contributed by atoms with Crippen LogP contribution in [0.1, 0.15) is 31.4 Å². The van der Waals surface area contributed by atoms with Gasteiger partial charge in [-0.1, -0.05) is 38.1 Å². The predicted octanol–water partition coefficient (Wildman–Crippen LogP) is 2.47. The minimum absolute atomic E-state index is 0. The number of carbonyl (C=O) groups excluding carboxylic acids is 1. The van der Waals surface area contributed by atoms with Gasteiger partial charge in [-0.3, -0.25) is 14.5 Å². The summed E-state index contributed by atoms with van der Waals surface area (Å²) in [4.78, 5) is 18.4. The molecular weight excluding hydrogens is 479 g/mol. The van der Waals surface area contributed by atoms with Crippen LogP contribution < -0.4 is 10.6 Å². The smallest absolute Gasteiger partial charge is 0.225 e. The van der Waals surface area contributed by atoms with Crippen LogP contribution in [0.15, 0.2) is 47.7 Å². The molecule has 1 amide bonds. The van der Waals surface area contributed by atoms with Crippen molar-refractivity contribution < 1.29 is 4.79 Å². The highest BCUT2D eigenvalue weighted by molar-refractivity contribution is 14.0. The van der Waals surface area contributed by atoms with E-state index in [1.807, 2.05) is 35.7 Å². The van der Waals surface area contributed by atoms with Crippen molar-refractivity contribution in [1.82, 2.24) is 25.3 Å². The second-order valence-electron chi connectivity index (χ2n) is 7.52. The Kier molecular flexibility index (Phi) is 8.94. The molecule has 1 saturated heterocycles. The number of aromatic nitrogens is 2. The molecule has 1 aromatic carbocycles. The zero-order chi connectivity index (χ0) is 19.9. The van der Waals surface area contributed by atoms with Crippen molar-refractivity contribution in [2.75, 3.05) is 20.1 Å². The predicted molar refractivity (Wildman–Crippen MR) is 126 cm³/mol. The quantitative estimate of drug-likeness (QED) is 0.356. The van der Waals surface area contributed by atoms with Crippen LogP contribution >= 0.6 is 24.0 Å². The Morgan fingerprint density at radius 2 is 2.10 bits per heavy atom. The van der Waals surface area contributed by atoms with E-state index in [4.69, 9.17) is 0 Å². The molecule has 1 aliphatic heterocycles. The molecule has 3 rings (SSSR count). The van der Waals surface area contributed by atoms with Gasteiger partial charge in [0.05, 0.1) is 6.54 Å². The van der Waals surface area contributed by atoms with Crippen LogP contribution in [0.3, 0.4) is 0 Å². The molecule has 158 valence electrons. The first kappa shape index (κ1) is 23.2. The number of halogens is 1. The third-order valence-electron chi connectivity index (χ3n) is 4.91. The maximum absolute atomic E-state index is 12.1. The number of nitrogens with zero attached hydrogens (tertiary/aromatic N) is 4. The van der Waals surface area contributed by atoms with Gasteiger partial charge < -0.3 is 15.5 Å². The standard InChI is InChI=1S/C21H30N6O.HI/c1-16(2)20(28)26-11-8-19(15-26)25-21(22-3)23-13-17-6-4-7-18(12-17)14-27-10-5-9-24-27;/h4-7,9-10,12,16,19H,8,11,13-15H2,1-3H3,(H2,22,23,25);1H. The topological polar surface area (TPSA) is 74.6 Å². The van der Waals surface area contributed by atoms with E-state index in [1.165, 1.54) is 11.1 Å². The van der Waals surface area contributed by atoms with E-state index in [0.29, 0.717) is 6.54 Å². The van der Waals surface area contributed by atoms with Crippen molar-refractivity contribution in [1.29, 1.82) is 0 Å². The van der Waals surface area contributed by atoms with Crippen LogP contribution in [0.25, 0.3) is 0 Å². The summed E-state index contributed by atoms with van der Waals surface area (Å²) in [6.07, 6.45) is 4.70. The maximum atomic E-state index is 12.1. The van der Waals surface area contributed by atoms with Crippen LogP contribution in [-0.4, -0.2) is 52.7 Å². The highest BCUT2D eigenvalue weighted by Crippen LogP contribution is 2.13. The third kappa shape index (κ3) is 6.73. The van der Waals surface area contributed by atoms with Crippen molar-refractivity contribution >= 4 is 35.8 Å². The van der Waals surface area contributed by atoms with E-state index < -0.39 is 0 Å². The van der Waals surface area contributed by atoms with E-state index in [0.717, 1.165) is 32.0 Å². The molecule has 0 aliphatic carbocycles. The molecule has 7 nitrogen and oxygen atoms in total. The number of likely N-dealkylation sites (tertiary alicyclic amines) is 1. The normalized spacial score (nSPS) is 16.6. The number of carbonyl (C=O) groups is 1. The molecule has 1 unspecified atom stereocenters. The minimum atomic E-state index is 0. The second kappa shape index (κ2) is 11.2. The first-order valence-electron chi connectivity index (χ1n) is 9.86. The lowest BCUT2D eigenvalue weighted by molar-refractivity contribution is -0.133. The average molecular weight is 510 g/mol. The van der Waals surface area contributed by atoms with Gasteiger partial charge in [-0.15, -0.1) is 24.0 Å². The molecule has 1 atom stereocenters. The molecule has 1 fully saturated rings. The number of rotatable bonds is 6. The summed E-state index contributed by atoms with van der Waals surface area (Å²) in [7, 11) is 1.77. The Labute approximate surface area is 190 Å². The van der Waals surface area contributed by atoms with E-state index in [1.54, 1.807) is 13.2 Å². The third-order valence-corrected chi connectivity index (χ3v) is 4.91. The van der Waals surface area contributed by atoms with Gasteiger partial charge in [-0.05, 0) is 23.6 Å². The molecule has 2 N–H and O–H groups in total. The van der Waals surface area contributed by atoms with Gasteiger partial charge in [0.1, 0.15) is 0 Å². The lowest BCUT2D eigenvalue weighted by Gasteiger charge is -2.20. The Morgan fingerprint density at radius 1 is 1.31 bits per heavy atom. The van der Waals surface area contributed by atoms with Crippen LogP contribution in [0.2, 0.25) is 0 Å². The van der Waals surface area contributed by atoms with Gasteiger partial charge in [0.25, 0.3) is 0 Å². The fraction of sp³-hybridized carbons (Fsp3) is 0.476. The summed E-state index contributed by atoms with van der Waals surface area (Å²) < 4.78 is 1.91. The minimum Gasteiger partial charge on any atom is -0.352 e. The highest BCUT2D eigenvalue weighted by Gasteiger charge is 2.27. The molecule has 1 aliphatic rings. The summed E-state index contributed by atoms with van der Waals surface area (Å²) in [6, 6.07) is 10.6. The molecule has 2 aromatic rings. The number of hydrogen-bond acceptors (Lipinski definition) is 3. The number of guanidine groups is 1. The van der Waals surface area contributed by atoms with Crippen molar-refractivity contribution in [3.8, 4) is 0 Å². The molecule has 0 spiro atoms. The van der Waals surface area contributed by atoms with Gasteiger partial charge in [-0.2, -0.15) is 5.10 Å². The number of aliphatic imine (C=N–C) groups is 1. The van der Waals surface area contributed by atoms with Crippen LogP contribution in [0.4, 0.5) is 0 Å². The Balaban J connectivity index is 0.00000300. The van der Waals surface area contributed by atoms with Crippen LogP contribution in [0, 0.1) is 5.92 Å². The van der Waals surface area contributed by atoms with Crippen LogP contribution in [-0.2, 0) is 17.9 Å². The molecule has 29 heavy (non-hydrogen) atoms. The SMILES string of the molecule is CN=C(NCc1cccc(Cn2cccn2)c1)NC1CCN(C(=O)C(C)C)C1.I. The van der Waals surface area contributed by atoms with E-state index >= 15 is 0 Å². The lowest BCUT2D eigenvalue weighted by Crippen LogP contribution is -2.45. The molecule has 0 radical (unpaired) electrons. The summed E-state index contributed by atoms with van der Waals surface area (Å²) >= 11 is 0. The molecule has 1 aromatic heterocycles. The Bertz CT molecular complexity index is 805. The molecule has 2 heterocycles. The molecule has 8 heteroatoms. The van der Waals surface area contributed by atoms with E-state index in [-0.39, 0.29) is 41.8 Å². The van der Waals surface area contributed by atoms with Gasteiger partial charge in [-0.25, -0.2) is 0 Å². The zero-order valence-electron chi connectivity index (χ0n) is 17.3. The van der Waals surface area contributed by atoms with Gasteiger partial charge in [0, 0.05) is 51.0 Å². The molecule has 0 bridgehead atoms. The monoisotopic (exact) mass is 510 g/mol. The molecule has 0 saturated carbocycles. The van der Waals surface area contributed by atoms with Gasteiger partial charge >= 0.3 is 0 Å². The fourth-order valence-corrected chi connectivity index (χ4v) is 3.44. The lowest BCUT2D eigenvalue weighted by atomic mass is 10.1. The summed E-state index contributed by atoms with van der Waals surface area (Å²) in [6.45, 7) is 6.88. The summed E-state index contributed by atoms with van der Waals surface area (Å²) in [5.41, 5.74) is 2.40. The second-order valence-corrected chi connectivity index (χ2v) is 7.52. The van der Waals surface area contributed by atoms with E-state index in [9.17, 15) is 4.79 Å². The summed E-state index contributed by atoms with van der Waals surface area (Å²) in [5, 5.41) is 11.1. The van der Waals surface area contributed by atoms with Gasteiger partial charge in [0.15, 0.2) is 5.96 Å². The average Bonchev–Trinajstić information content (AvgIpc) is 3.36. The van der Waals surface area contributed by atoms with Crippen molar-refractivity contribution in [2.45, 2.75) is 39.4 Å². The summed E-state index contributed by atoms with van der Waals surface area (Å²) in [5.74, 6) is 1.03. The first-order chi connectivity index (χ1) is 13.5. The largest absolute Gasteiger partial charge is 0.352 e. The van der Waals surface area contributed by atoms with E-state index in [2.05, 4.69) is 45.0 Å². The number of amides is 1.